The fourth-order valence-corrected chi connectivity index (χ4v) is 5.34. The minimum absolute atomic E-state index is 0. The highest BCUT2D eigenvalue weighted by atomic mass is 127. The van der Waals surface area contributed by atoms with Crippen molar-refractivity contribution in [3.8, 4) is 0 Å². The van der Waals surface area contributed by atoms with Gasteiger partial charge in [0.1, 0.15) is 5.76 Å². The smallest absolute Gasteiger partial charge is 0.191 e. The highest BCUT2D eigenvalue weighted by molar-refractivity contribution is 14.0. The number of fused-ring (bicyclic) bond motifs is 2. The van der Waals surface area contributed by atoms with E-state index in [0.29, 0.717) is 29.5 Å². The number of aliphatic imine (C=N–C) groups is 1. The van der Waals surface area contributed by atoms with E-state index < -0.39 is 0 Å². The Morgan fingerprint density at radius 3 is 2.77 bits per heavy atom. The molecule has 144 valence electrons. The van der Waals surface area contributed by atoms with E-state index in [0.717, 1.165) is 31.3 Å². The van der Waals surface area contributed by atoms with Crippen molar-refractivity contribution in [2.24, 2.45) is 16.3 Å². The lowest BCUT2D eigenvalue weighted by Gasteiger charge is -2.57. The van der Waals surface area contributed by atoms with Crippen molar-refractivity contribution in [1.82, 2.24) is 10.6 Å². The summed E-state index contributed by atoms with van der Waals surface area (Å²) in [5, 5.41) is 7.46. The van der Waals surface area contributed by atoms with Crippen molar-refractivity contribution >= 4 is 29.9 Å². The first-order chi connectivity index (χ1) is 12.4. The molecule has 1 aromatic heterocycles. The summed E-state index contributed by atoms with van der Waals surface area (Å²) in [5.74, 6) is 2.69. The van der Waals surface area contributed by atoms with E-state index in [4.69, 9.17) is 14.1 Å². The molecular formula is C20H30IN3O2. The Morgan fingerprint density at radius 2 is 2.04 bits per heavy atom. The predicted octanol–water partition coefficient (Wildman–Crippen LogP) is 3.49. The van der Waals surface area contributed by atoms with E-state index in [1.54, 1.807) is 6.26 Å². The maximum Gasteiger partial charge on any atom is 0.191 e. The summed E-state index contributed by atoms with van der Waals surface area (Å²) in [6.07, 6.45) is 12.2. The van der Waals surface area contributed by atoms with Gasteiger partial charge in [0.2, 0.25) is 0 Å². The van der Waals surface area contributed by atoms with Gasteiger partial charge in [0, 0.05) is 43.0 Å². The molecule has 5 nitrogen and oxygen atoms in total. The highest BCUT2D eigenvalue weighted by Crippen LogP contribution is 2.60. The molecule has 5 rings (SSSR count). The minimum Gasteiger partial charge on any atom is -0.469 e. The zero-order chi connectivity index (χ0) is 16.7. The molecule has 4 fully saturated rings. The molecule has 0 amide bonds. The topological polar surface area (TPSA) is 58.8 Å². The van der Waals surface area contributed by atoms with Gasteiger partial charge in [0.25, 0.3) is 0 Å². The Balaban J connectivity index is 0.00000168. The van der Waals surface area contributed by atoms with Crippen LogP contribution in [0.25, 0.3) is 0 Å². The lowest BCUT2D eigenvalue weighted by Crippen LogP contribution is -2.69. The lowest BCUT2D eigenvalue weighted by molar-refractivity contribution is -0.125. The summed E-state index contributed by atoms with van der Waals surface area (Å²) in [6, 6.07) is 5.12. The molecule has 0 radical (unpaired) electrons. The summed E-state index contributed by atoms with van der Waals surface area (Å²) in [4.78, 5) is 4.86. The number of halogens is 1. The second-order valence-corrected chi connectivity index (χ2v) is 8.28. The molecule has 3 atom stereocenters. The molecule has 1 saturated heterocycles. The van der Waals surface area contributed by atoms with Crippen molar-refractivity contribution < 1.29 is 9.15 Å². The van der Waals surface area contributed by atoms with Crippen LogP contribution < -0.4 is 10.6 Å². The Bertz CT molecular complexity index is 623. The van der Waals surface area contributed by atoms with Gasteiger partial charge in [-0.25, -0.2) is 0 Å². The largest absolute Gasteiger partial charge is 0.469 e. The van der Waals surface area contributed by atoms with Gasteiger partial charge in [0.05, 0.1) is 12.4 Å². The fourth-order valence-electron chi connectivity index (χ4n) is 5.34. The average Bonchev–Trinajstić information content (AvgIpc) is 3.06. The van der Waals surface area contributed by atoms with Gasteiger partial charge in [0.15, 0.2) is 5.96 Å². The SMILES string of the molecule is I.c1coc(CCN=C(NC2CC2)NC2C3CCOC3C23CCCC3)c1. The molecule has 1 aliphatic heterocycles. The van der Waals surface area contributed by atoms with Gasteiger partial charge in [-0.3, -0.25) is 4.99 Å². The molecular weight excluding hydrogens is 441 g/mol. The normalized spacial score (nSPS) is 32.0. The summed E-state index contributed by atoms with van der Waals surface area (Å²) in [5.41, 5.74) is 0.369. The van der Waals surface area contributed by atoms with Crippen LogP contribution in [0.15, 0.2) is 27.8 Å². The third kappa shape index (κ3) is 3.39. The number of nitrogens with one attached hydrogen (secondary N) is 2. The number of guanidine groups is 1. The van der Waals surface area contributed by atoms with Crippen LogP contribution in [-0.2, 0) is 11.2 Å². The van der Waals surface area contributed by atoms with Gasteiger partial charge in [-0.1, -0.05) is 12.8 Å². The van der Waals surface area contributed by atoms with Crippen LogP contribution in [-0.4, -0.2) is 37.3 Å². The van der Waals surface area contributed by atoms with Crippen LogP contribution in [0.2, 0.25) is 0 Å². The van der Waals surface area contributed by atoms with E-state index >= 15 is 0 Å². The summed E-state index contributed by atoms with van der Waals surface area (Å²) < 4.78 is 11.5. The lowest BCUT2D eigenvalue weighted by atomic mass is 9.54. The number of rotatable bonds is 5. The first-order valence-corrected chi connectivity index (χ1v) is 10.1. The first kappa shape index (κ1) is 18.6. The summed E-state index contributed by atoms with van der Waals surface area (Å²) in [6.45, 7) is 1.70. The number of nitrogens with zero attached hydrogens (tertiary/aromatic N) is 1. The molecule has 0 aromatic carbocycles. The van der Waals surface area contributed by atoms with Crippen molar-refractivity contribution in [2.45, 2.75) is 69.6 Å². The van der Waals surface area contributed by atoms with Gasteiger partial charge >= 0.3 is 0 Å². The Hall–Kier alpha value is -0.760. The first-order valence-electron chi connectivity index (χ1n) is 10.1. The Labute approximate surface area is 172 Å². The molecule has 4 aliphatic rings. The number of hydrogen-bond acceptors (Lipinski definition) is 3. The van der Waals surface area contributed by atoms with Gasteiger partial charge in [-0.05, 0) is 44.2 Å². The summed E-state index contributed by atoms with van der Waals surface area (Å²) >= 11 is 0. The van der Waals surface area contributed by atoms with E-state index in [2.05, 4.69) is 10.6 Å². The van der Waals surface area contributed by atoms with Crippen molar-refractivity contribution in [3.05, 3.63) is 24.2 Å². The molecule has 2 N–H and O–H groups in total. The fraction of sp³-hybridized carbons (Fsp3) is 0.750. The zero-order valence-corrected chi connectivity index (χ0v) is 17.6. The zero-order valence-electron chi connectivity index (χ0n) is 15.3. The van der Waals surface area contributed by atoms with E-state index in [1.165, 1.54) is 44.9 Å². The Kier molecular flexibility index (Phi) is 5.51. The maximum absolute atomic E-state index is 6.11. The predicted molar refractivity (Wildman–Crippen MR) is 112 cm³/mol. The van der Waals surface area contributed by atoms with Crippen LogP contribution >= 0.6 is 24.0 Å². The van der Waals surface area contributed by atoms with Crippen LogP contribution in [0.3, 0.4) is 0 Å². The molecule has 1 aromatic rings. The van der Waals surface area contributed by atoms with E-state index in [9.17, 15) is 0 Å². The van der Waals surface area contributed by atoms with Gasteiger partial charge < -0.3 is 19.8 Å². The molecule has 6 heteroatoms. The quantitative estimate of drug-likeness (QED) is 0.392. The average molecular weight is 471 g/mol. The Morgan fingerprint density at radius 1 is 1.19 bits per heavy atom. The van der Waals surface area contributed by atoms with Crippen molar-refractivity contribution in [2.75, 3.05) is 13.2 Å². The second kappa shape index (κ2) is 7.70. The molecule has 3 aliphatic carbocycles. The van der Waals surface area contributed by atoms with E-state index in [-0.39, 0.29) is 24.0 Å². The van der Waals surface area contributed by atoms with Crippen LogP contribution in [0.1, 0.15) is 50.7 Å². The van der Waals surface area contributed by atoms with Crippen LogP contribution in [0.5, 0.6) is 0 Å². The van der Waals surface area contributed by atoms with Crippen molar-refractivity contribution in [1.29, 1.82) is 0 Å². The third-order valence-corrected chi connectivity index (χ3v) is 6.70. The molecule has 2 heterocycles. The summed E-state index contributed by atoms with van der Waals surface area (Å²) in [7, 11) is 0. The molecule has 1 spiro atoms. The minimum atomic E-state index is 0. The second-order valence-electron chi connectivity index (χ2n) is 8.28. The van der Waals surface area contributed by atoms with E-state index in [1.807, 2.05) is 12.1 Å². The van der Waals surface area contributed by atoms with Crippen LogP contribution in [0.4, 0.5) is 0 Å². The standard InChI is InChI=1S/C20H29N3O2.HI/c1-2-10-20(9-1)17(16-8-13-25-18(16)20)23-19(22-14-5-6-14)21-11-7-15-4-3-12-24-15;/h3-4,12,14,16-18H,1-2,5-11,13H2,(H2,21,22,23);1H. The maximum atomic E-state index is 6.11. The molecule has 0 bridgehead atoms. The molecule has 3 unspecified atom stereocenters. The van der Waals surface area contributed by atoms with Gasteiger partial charge in [-0.15, -0.1) is 24.0 Å². The molecule has 26 heavy (non-hydrogen) atoms. The number of hydrogen-bond donors (Lipinski definition) is 2. The molecule has 3 saturated carbocycles. The highest BCUT2D eigenvalue weighted by Gasteiger charge is 2.65. The number of furan rings is 1. The van der Waals surface area contributed by atoms with Crippen LogP contribution in [0, 0.1) is 11.3 Å². The third-order valence-electron chi connectivity index (χ3n) is 6.70. The van der Waals surface area contributed by atoms with Gasteiger partial charge in [-0.2, -0.15) is 0 Å². The van der Waals surface area contributed by atoms with Crippen molar-refractivity contribution in [3.63, 3.8) is 0 Å². The number of ether oxygens (including phenoxy) is 1. The monoisotopic (exact) mass is 471 g/mol.